The molecule has 24 heavy (non-hydrogen) atoms. The van der Waals surface area contributed by atoms with Crippen molar-refractivity contribution < 1.29 is 14.3 Å². The molecule has 0 atom stereocenters. The number of carbonyl (C=O) groups is 2. The van der Waals surface area contributed by atoms with Gasteiger partial charge in [-0.1, -0.05) is 12.1 Å². The highest BCUT2D eigenvalue weighted by Gasteiger charge is 2.29. The maximum atomic E-state index is 12.3. The number of para-hydroxylation sites is 1. The highest BCUT2D eigenvalue weighted by atomic mass is 16.5. The average molecular weight is 325 g/mol. The number of anilines is 2. The van der Waals surface area contributed by atoms with Gasteiger partial charge in [0.15, 0.2) is 0 Å². The first-order chi connectivity index (χ1) is 11.7. The molecule has 0 unspecified atom stereocenters. The Labute approximate surface area is 140 Å². The molecule has 2 aromatic carbocycles. The number of hydrogen-bond acceptors (Lipinski definition) is 4. The Kier molecular flexibility index (Phi) is 4.65. The molecule has 1 aliphatic rings. The number of ether oxygens (including phenoxy) is 1. The van der Waals surface area contributed by atoms with Gasteiger partial charge in [-0.3, -0.25) is 20.4 Å². The Bertz CT molecular complexity index is 739. The number of hydrazine groups is 1. The molecule has 3 rings (SSSR count). The first-order valence-electron chi connectivity index (χ1n) is 7.77. The Hall–Kier alpha value is -3.02. The van der Waals surface area contributed by atoms with Crippen molar-refractivity contribution >= 4 is 23.2 Å². The third kappa shape index (κ3) is 3.84. The van der Waals surface area contributed by atoms with Crippen LogP contribution in [-0.4, -0.2) is 18.9 Å². The van der Waals surface area contributed by atoms with Crippen LogP contribution in [0.5, 0.6) is 5.75 Å². The lowest BCUT2D eigenvalue weighted by Gasteiger charge is -2.13. The lowest BCUT2D eigenvalue weighted by atomic mass is 10.1. The third-order valence-corrected chi connectivity index (χ3v) is 3.79. The largest absolute Gasteiger partial charge is 0.497 e. The standard InChI is InChI=1S/C18H19N3O3/c1-24-14-10-8-13(9-11-14)19-16-5-3-2-4-15(16)18(23)21-20-17(22)12-6-7-12/h2-5,8-12,19H,6-7H2,1H3,(H,20,22)(H,21,23). The van der Waals surface area contributed by atoms with Crippen molar-refractivity contribution in [2.24, 2.45) is 5.92 Å². The summed E-state index contributed by atoms with van der Waals surface area (Å²) in [5.74, 6) is 0.303. The maximum absolute atomic E-state index is 12.3. The van der Waals surface area contributed by atoms with Crippen LogP contribution in [0.4, 0.5) is 11.4 Å². The van der Waals surface area contributed by atoms with Gasteiger partial charge >= 0.3 is 0 Å². The summed E-state index contributed by atoms with van der Waals surface area (Å²) in [7, 11) is 1.61. The zero-order valence-corrected chi connectivity index (χ0v) is 13.3. The van der Waals surface area contributed by atoms with E-state index in [4.69, 9.17) is 4.74 Å². The molecular formula is C18H19N3O3. The molecule has 0 aromatic heterocycles. The normalized spacial score (nSPS) is 13.0. The molecule has 1 fully saturated rings. The van der Waals surface area contributed by atoms with Crippen molar-refractivity contribution in [1.82, 2.24) is 10.9 Å². The molecule has 0 saturated heterocycles. The van der Waals surface area contributed by atoms with E-state index >= 15 is 0 Å². The van der Waals surface area contributed by atoms with Gasteiger partial charge in [0.25, 0.3) is 5.91 Å². The molecular weight excluding hydrogens is 306 g/mol. The van der Waals surface area contributed by atoms with E-state index in [0.717, 1.165) is 24.3 Å². The van der Waals surface area contributed by atoms with E-state index in [1.54, 1.807) is 19.2 Å². The molecule has 2 aromatic rings. The van der Waals surface area contributed by atoms with Crippen molar-refractivity contribution in [3.8, 4) is 5.75 Å². The summed E-state index contributed by atoms with van der Waals surface area (Å²) >= 11 is 0. The summed E-state index contributed by atoms with van der Waals surface area (Å²) in [6.45, 7) is 0. The summed E-state index contributed by atoms with van der Waals surface area (Å²) in [4.78, 5) is 23.9. The van der Waals surface area contributed by atoms with E-state index < -0.39 is 0 Å². The molecule has 1 aliphatic carbocycles. The zero-order valence-electron chi connectivity index (χ0n) is 13.3. The van der Waals surface area contributed by atoms with E-state index in [1.807, 2.05) is 36.4 Å². The van der Waals surface area contributed by atoms with E-state index in [9.17, 15) is 9.59 Å². The van der Waals surface area contributed by atoms with Crippen molar-refractivity contribution in [2.75, 3.05) is 12.4 Å². The van der Waals surface area contributed by atoms with Gasteiger partial charge in [-0.05, 0) is 49.2 Å². The van der Waals surface area contributed by atoms with Crippen molar-refractivity contribution in [2.45, 2.75) is 12.8 Å². The van der Waals surface area contributed by atoms with E-state index in [1.165, 1.54) is 0 Å². The minimum atomic E-state index is -0.361. The van der Waals surface area contributed by atoms with Gasteiger partial charge in [0.1, 0.15) is 5.75 Å². The highest BCUT2D eigenvalue weighted by molar-refractivity contribution is 6.01. The zero-order chi connectivity index (χ0) is 16.9. The molecule has 124 valence electrons. The molecule has 1 saturated carbocycles. The number of rotatable bonds is 5. The van der Waals surface area contributed by atoms with Crippen molar-refractivity contribution in [3.05, 3.63) is 54.1 Å². The lowest BCUT2D eigenvalue weighted by molar-refractivity contribution is -0.123. The SMILES string of the molecule is COc1ccc(Nc2ccccc2C(=O)NNC(=O)C2CC2)cc1. The van der Waals surface area contributed by atoms with Crippen LogP contribution in [0.2, 0.25) is 0 Å². The summed E-state index contributed by atoms with van der Waals surface area (Å²) in [5.41, 5.74) is 6.87. The van der Waals surface area contributed by atoms with Crippen LogP contribution in [0.25, 0.3) is 0 Å². The van der Waals surface area contributed by atoms with Crippen LogP contribution in [0.3, 0.4) is 0 Å². The van der Waals surface area contributed by atoms with Crippen LogP contribution in [-0.2, 0) is 4.79 Å². The molecule has 0 aliphatic heterocycles. The number of nitrogens with one attached hydrogen (secondary N) is 3. The topological polar surface area (TPSA) is 79.5 Å². The molecule has 0 spiro atoms. The fourth-order valence-corrected chi connectivity index (χ4v) is 2.25. The predicted octanol–water partition coefficient (Wildman–Crippen LogP) is 2.61. The van der Waals surface area contributed by atoms with Gasteiger partial charge in [-0.2, -0.15) is 0 Å². The van der Waals surface area contributed by atoms with Crippen LogP contribution in [0.1, 0.15) is 23.2 Å². The monoisotopic (exact) mass is 325 g/mol. The minimum absolute atomic E-state index is 0.0398. The highest BCUT2D eigenvalue weighted by Crippen LogP contribution is 2.28. The Morgan fingerprint density at radius 3 is 2.38 bits per heavy atom. The molecule has 0 bridgehead atoms. The number of benzene rings is 2. The van der Waals surface area contributed by atoms with Crippen LogP contribution < -0.4 is 20.9 Å². The van der Waals surface area contributed by atoms with E-state index in [0.29, 0.717) is 11.3 Å². The maximum Gasteiger partial charge on any atom is 0.271 e. The van der Waals surface area contributed by atoms with E-state index in [2.05, 4.69) is 16.2 Å². The smallest absolute Gasteiger partial charge is 0.271 e. The summed E-state index contributed by atoms with van der Waals surface area (Å²) in [6.07, 6.45) is 1.77. The first kappa shape index (κ1) is 15.9. The second kappa shape index (κ2) is 7.04. The fourth-order valence-electron chi connectivity index (χ4n) is 2.25. The van der Waals surface area contributed by atoms with E-state index in [-0.39, 0.29) is 17.7 Å². The molecule has 2 amide bonds. The molecule has 0 radical (unpaired) electrons. The molecule has 6 heteroatoms. The molecule has 3 N–H and O–H groups in total. The number of carbonyl (C=O) groups excluding carboxylic acids is 2. The quantitative estimate of drug-likeness (QED) is 0.738. The van der Waals surface area contributed by atoms with Gasteiger partial charge in [-0.15, -0.1) is 0 Å². The van der Waals surface area contributed by atoms with Crippen LogP contribution in [0, 0.1) is 5.92 Å². The van der Waals surface area contributed by atoms with Gasteiger partial charge in [0.05, 0.1) is 18.4 Å². The summed E-state index contributed by atoms with van der Waals surface area (Å²) in [5, 5.41) is 3.20. The second-order valence-corrected chi connectivity index (χ2v) is 5.62. The first-order valence-corrected chi connectivity index (χ1v) is 7.77. The number of amides is 2. The number of methoxy groups -OCH3 is 1. The fraction of sp³-hybridized carbons (Fsp3) is 0.222. The van der Waals surface area contributed by atoms with Gasteiger partial charge in [0.2, 0.25) is 5.91 Å². The van der Waals surface area contributed by atoms with Crippen LogP contribution >= 0.6 is 0 Å². The van der Waals surface area contributed by atoms with Crippen molar-refractivity contribution in [3.63, 3.8) is 0 Å². The van der Waals surface area contributed by atoms with Crippen molar-refractivity contribution in [1.29, 1.82) is 0 Å². The van der Waals surface area contributed by atoms with Gasteiger partial charge in [-0.25, -0.2) is 0 Å². The minimum Gasteiger partial charge on any atom is -0.497 e. The van der Waals surface area contributed by atoms with Gasteiger partial charge in [0, 0.05) is 11.6 Å². The predicted molar refractivity (Wildman–Crippen MR) is 91.1 cm³/mol. The molecule has 0 heterocycles. The average Bonchev–Trinajstić information content (AvgIpc) is 3.46. The summed E-state index contributed by atoms with van der Waals surface area (Å²) in [6, 6.07) is 14.5. The summed E-state index contributed by atoms with van der Waals surface area (Å²) < 4.78 is 5.13. The third-order valence-electron chi connectivity index (χ3n) is 3.79. The van der Waals surface area contributed by atoms with Crippen LogP contribution in [0.15, 0.2) is 48.5 Å². The lowest BCUT2D eigenvalue weighted by Crippen LogP contribution is -2.42. The Balaban J connectivity index is 1.69. The number of hydrogen-bond donors (Lipinski definition) is 3. The Morgan fingerprint density at radius 1 is 1.00 bits per heavy atom. The Morgan fingerprint density at radius 2 is 1.71 bits per heavy atom. The molecule has 6 nitrogen and oxygen atoms in total. The van der Waals surface area contributed by atoms with Gasteiger partial charge < -0.3 is 10.1 Å². The second-order valence-electron chi connectivity index (χ2n) is 5.62.